The van der Waals surface area contributed by atoms with Gasteiger partial charge < -0.3 is 9.47 Å². The van der Waals surface area contributed by atoms with Gasteiger partial charge in [-0.05, 0) is 26.3 Å². The average Bonchev–Trinajstić information content (AvgIpc) is 2.81. The maximum Gasteiger partial charge on any atom is 0.336 e. The van der Waals surface area contributed by atoms with Crippen molar-refractivity contribution in [1.82, 2.24) is 10.4 Å². The number of allylic oxidation sites excluding steroid dienone is 3. The Bertz CT molecular complexity index is 994. The Morgan fingerprint density at radius 3 is 2.73 bits per heavy atom. The molecule has 1 atom stereocenters. The number of nitrogens with zero attached hydrogens (tertiary/aromatic N) is 3. The van der Waals surface area contributed by atoms with Crippen LogP contribution in [-0.2, 0) is 19.1 Å². The molecule has 0 bridgehead atoms. The van der Waals surface area contributed by atoms with Crippen molar-refractivity contribution in [3.8, 4) is 0 Å². The summed E-state index contributed by atoms with van der Waals surface area (Å²) in [6.45, 7) is 9.82. The highest BCUT2D eigenvalue weighted by atomic mass is 16.6. The first kappa shape index (κ1) is 24.6. The number of hydroxylamine groups is 1. The second-order valence-corrected chi connectivity index (χ2v) is 7.92. The highest BCUT2D eigenvalue weighted by molar-refractivity contribution is 6.06. The van der Waals surface area contributed by atoms with Gasteiger partial charge in [0.25, 0.3) is 5.69 Å². The van der Waals surface area contributed by atoms with E-state index in [0.717, 1.165) is 32.8 Å². The highest BCUT2D eigenvalue weighted by Crippen LogP contribution is 2.40. The Labute approximate surface area is 193 Å². The number of nitro benzene ring substituents is 1. The average molecular weight is 459 g/mol. The van der Waals surface area contributed by atoms with Crippen molar-refractivity contribution in [2.45, 2.75) is 26.7 Å². The Balaban J connectivity index is 1.91. The van der Waals surface area contributed by atoms with Gasteiger partial charge in [-0.1, -0.05) is 12.1 Å². The van der Waals surface area contributed by atoms with Crippen LogP contribution in [-0.4, -0.2) is 68.1 Å². The van der Waals surface area contributed by atoms with E-state index in [1.54, 1.807) is 19.1 Å². The lowest BCUT2D eigenvalue weighted by Gasteiger charge is -2.29. The number of hydrogen-bond acceptors (Lipinski definition) is 9. The van der Waals surface area contributed by atoms with Crippen molar-refractivity contribution in [1.29, 1.82) is 0 Å². The van der Waals surface area contributed by atoms with Crippen molar-refractivity contribution >= 4 is 17.4 Å². The SMILES string of the molecule is COC(=O)C1=C(C)N=C(C)C(=C(C)NOCCN2CCOCC2)C1c1cccc([N+](=O)[O-])c1. The number of nitrogens with one attached hydrogen (secondary N) is 1. The van der Waals surface area contributed by atoms with E-state index in [-0.39, 0.29) is 5.69 Å². The Morgan fingerprint density at radius 1 is 1.33 bits per heavy atom. The van der Waals surface area contributed by atoms with Gasteiger partial charge in [0.15, 0.2) is 0 Å². The topological polar surface area (TPSA) is 116 Å². The van der Waals surface area contributed by atoms with Gasteiger partial charge in [0.2, 0.25) is 0 Å². The minimum absolute atomic E-state index is 0.0544. The van der Waals surface area contributed by atoms with Crippen LogP contribution in [0.2, 0.25) is 0 Å². The van der Waals surface area contributed by atoms with E-state index in [9.17, 15) is 14.9 Å². The number of ether oxygens (including phenoxy) is 2. The molecule has 33 heavy (non-hydrogen) atoms. The summed E-state index contributed by atoms with van der Waals surface area (Å²) in [6.07, 6.45) is 0. The van der Waals surface area contributed by atoms with E-state index in [4.69, 9.17) is 14.3 Å². The maximum absolute atomic E-state index is 12.7. The van der Waals surface area contributed by atoms with Crippen molar-refractivity contribution in [3.05, 3.63) is 62.5 Å². The first-order valence-corrected chi connectivity index (χ1v) is 10.8. The number of methoxy groups -OCH3 is 1. The lowest BCUT2D eigenvalue weighted by Crippen LogP contribution is -2.39. The summed E-state index contributed by atoms with van der Waals surface area (Å²) >= 11 is 0. The summed E-state index contributed by atoms with van der Waals surface area (Å²) in [5.74, 6) is -1.12. The van der Waals surface area contributed by atoms with Crippen molar-refractivity contribution < 1.29 is 24.0 Å². The summed E-state index contributed by atoms with van der Waals surface area (Å²) in [7, 11) is 1.31. The second kappa shape index (κ2) is 11.2. The van der Waals surface area contributed by atoms with Crippen molar-refractivity contribution in [2.75, 3.05) is 46.6 Å². The molecule has 0 amide bonds. The fraction of sp³-hybridized carbons (Fsp3) is 0.478. The molecule has 1 N–H and O–H groups in total. The van der Waals surface area contributed by atoms with Crippen LogP contribution in [0.1, 0.15) is 32.3 Å². The molecule has 1 fully saturated rings. The number of benzene rings is 1. The van der Waals surface area contributed by atoms with Crippen molar-refractivity contribution in [3.63, 3.8) is 0 Å². The predicted octanol–water partition coefficient (Wildman–Crippen LogP) is 2.73. The molecular formula is C23H30N4O6. The lowest BCUT2D eigenvalue weighted by atomic mass is 9.79. The molecule has 1 aromatic carbocycles. The fourth-order valence-corrected chi connectivity index (χ4v) is 4.16. The molecular weight excluding hydrogens is 428 g/mol. The van der Waals surface area contributed by atoms with Crippen molar-refractivity contribution in [2.24, 2.45) is 4.99 Å². The van der Waals surface area contributed by atoms with Gasteiger partial charge >= 0.3 is 5.97 Å². The molecule has 0 saturated carbocycles. The van der Waals surface area contributed by atoms with Gasteiger partial charge in [0.05, 0.1) is 37.4 Å². The van der Waals surface area contributed by atoms with E-state index >= 15 is 0 Å². The summed E-state index contributed by atoms with van der Waals surface area (Å²) in [6, 6.07) is 6.27. The molecule has 2 heterocycles. The highest BCUT2D eigenvalue weighted by Gasteiger charge is 2.35. The van der Waals surface area contributed by atoms with Crippen LogP contribution >= 0.6 is 0 Å². The Morgan fingerprint density at radius 2 is 2.06 bits per heavy atom. The molecule has 2 aliphatic heterocycles. The molecule has 0 aromatic heterocycles. The molecule has 0 spiro atoms. The number of esters is 1. The zero-order valence-electron chi connectivity index (χ0n) is 19.4. The molecule has 3 rings (SSSR count). The third kappa shape index (κ3) is 5.84. The van der Waals surface area contributed by atoms with Gasteiger partial charge in [0.1, 0.15) is 0 Å². The van der Waals surface area contributed by atoms with E-state index in [1.165, 1.54) is 19.2 Å². The molecule has 0 aliphatic carbocycles. The standard InChI is InChI=1S/C23H30N4O6/c1-15-20(17(3)25-33-13-10-26-8-11-32-12-9-26)22(21(16(2)24-15)23(28)31-4)18-6-5-7-19(14-18)27(29)30/h5-7,14,22,25H,8-13H2,1-4H3. The van der Waals surface area contributed by atoms with Gasteiger partial charge in [0, 0.05) is 60.4 Å². The monoisotopic (exact) mass is 458 g/mol. The van der Waals surface area contributed by atoms with Gasteiger partial charge in [-0.15, -0.1) is 0 Å². The quantitative estimate of drug-likeness (QED) is 0.274. The number of nitro groups is 1. The molecule has 2 aliphatic rings. The van der Waals surface area contributed by atoms with Gasteiger partial charge in [-0.2, -0.15) is 0 Å². The molecule has 1 aromatic rings. The van der Waals surface area contributed by atoms with E-state index in [0.29, 0.717) is 40.4 Å². The van der Waals surface area contributed by atoms with Crippen LogP contribution in [0.3, 0.4) is 0 Å². The van der Waals surface area contributed by atoms with Gasteiger partial charge in [-0.3, -0.25) is 30.3 Å². The normalized spacial score (nSPS) is 20.8. The molecule has 0 radical (unpaired) electrons. The van der Waals surface area contributed by atoms with Crippen LogP contribution in [0.15, 0.2) is 51.8 Å². The molecule has 10 nitrogen and oxygen atoms in total. The summed E-state index contributed by atoms with van der Waals surface area (Å²) in [4.78, 5) is 36.2. The summed E-state index contributed by atoms with van der Waals surface area (Å²) in [5, 5.41) is 11.4. The number of morpholine rings is 1. The largest absolute Gasteiger partial charge is 0.466 e. The first-order valence-electron chi connectivity index (χ1n) is 10.8. The molecule has 1 unspecified atom stereocenters. The Hall–Kier alpha value is -3.08. The fourth-order valence-electron chi connectivity index (χ4n) is 4.16. The van der Waals surface area contributed by atoms with Gasteiger partial charge in [-0.25, -0.2) is 4.79 Å². The summed E-state index contributed by atoms with van der Waals surface area (Å²) < 4.78 is 10.4. The van der Waals surface area contributed by atoms with Crippen LogP contribution in [0.25, 0.3) is 0 Å². The number of carbonyl (C=O) groups is 1. The maximum atomic E-state index is 12.7. The minimum Gasteiger partial charge on any atom is -0.466 e. The first-order chi connectivity index (χ1) is 15.8. The smallest absolute Gasteiger partial charge is 0.336 e. The number of carbonyl (C=O) groups excluding carboxylic acids is 1. The minimum atomic E-state index is -0.592. The summed E-state index contributed by atoms with van der Waals surface area (Å²) in [5.41, 5.74) is 6.46. The third-order valence-corrected chi connectivity index (χ3v) is 5.75. The molecule has 178 valence electrons. The van der Waals surface area contributed by atoms with Crippen LogP contribution in [0, 0.1) is 10.1 Å². The second-order valence-electron chi connectivity index (χ2n) is 7.92. The number of non-ortho nitro benzene ring substituents is 1. The predicted molar refractivity (Wildman–Crippen MR) is 123 cm³/mol. The number of hydrogen-bond donors (Lipinski definition) is 1. The van der Waals surface area contributed by atoms with Crippen LogP contribution in [0.5, 0.6) is 0 Å². The lowest BCUT2D eigenvalue weighted by molar-refractivity contribution is -0.384. The molecule has 10 heteroatoms. The Kier molecular flexibility index (Phi) is 8.32. The number of rotatable bonds is 8. The zero-order chi connectivity index (χ0) is 24.0. The third-order valence-electron chi connectivity index (χ3n) is 5.75. The van der Waals surface area contributed by atoms with E-state index in [1.807, 2.05) is 13.8 Å². The van der Waals surface area contributed by atoms with Crippen LogP contribution in [0.4, 0.5) is 5.69 Å². The zero-order valence-corrected chi connectivity index (χ0v) is 19.4. The van der Waals surface area contributed by atoms with E-state index in [2.05, 4.69) is 15.4 Å². The van der Waals surface area contributed by atoms with Crippen LogP contribution < -0.4 is 5.48 Å². The van der Waals surface area contributed by atoms with E-state index < -0.39 is 16.8 Å². The number of aliphatic imine (C=N–C) groups is 1. The molecule has 1 saturated heterocycles.